The molecule has 0 unspecified atom stereocenters. The van der Waals surface area contributed by atoms with Crippen LogP contribution in [0.4, 0.5) is 10.5 Å². The molecule has 0 bridgehead atoms. The van der Waals surface area contributed by atoms with Gasteiger partial charge in [-0.15, -0.1) is 5.54 Å². The molecule has 1 aliphatic rings. The van der Waals surface area contributed by atoms with E-state index in [0.29, 0.717) is 11.3 Å². The molecule has 0 fully saturated rings. The van der Waals surface area contributed by atoms with E-state index in [-0.39, 0.29) is 24.9 Å². The van der Waals surface area contributed by atoms with E-state index in [4.69, 9.17) is 9.47 Å². The van der Waals surface area contributed by atoms with E-state index in [0.717, 1.165) is 16.7 Å². The molecule has 1 N–H and O–H groups in total. The van der Waals surface area contributed by atoms with Crippen molar-refractivity contribution >= 4 is 25.8 Å². The summed E-state index contributed by atoms with van der Waals surface area (Å²) in [7, 11) is -0.242. The van der Waals surface area contributed by atoms with Crippen molar-refractivity contribution in [3.8, 4) is 22.6 Å². The number of anilines is 1. The molecule has 4 rings (SSSR count). The highest BCUT2D eigenvalue weighted by Crippen LogP contribution is 2.44. The quantitative estimate of drug-likeness (QED) is 0.275. The fourth-order valence-electron chi connectivity index (χ4n) is 4.19. The summed E-state index contributed by atoms with van der Waals surface area (Å²) in [6.45, 7) is 6.71. The molecule has 1 aliphatic carbocycles. The number of carbonyl (C=O) groups is 2. The molecule has 0 saturated carbocycles. The van der Waals surface area contributed by atoms with E-state index in [1.807, 2.05) is 30.3 Å². The number of nitrogens with one attached hydrogen (secondary N) is 1. The molecule has 178 valence electrons. The van der Waals surface area contributed by atoms with Crippen molar-refractivity contribution in [2.24, 2.45) is 0 Å². The lowest BCUT2D eigenvalue weighted by Crippen LogP contribution is -2.18. The molecule has 3 aromatic rings. The maximum Gasteiger partial charge on any atom is 0.411 e. The van der Waals surface area contributed by atoms with Gasteiger partial charge in [0, 0.05) is 17.2 Å². The molecule has 35 heavy (non-hydrogen) atoms. The van der Waals surface area contributed by atoms with Gasteiger partial charge < -0.3 is 9.47 Å². The van der Waals surface area contributed by atoms with E-state index in [1.165, 1.54) is 18.2 Å². The summed E-state index contributed by atoms with van der Waals surface area (Å²) in [5.74, 6) is 2.83. The molecule has 0 saturated heterocycles. The molecule has 0 aromatic heterocycles. The predicted octanol–water partition coefficient (Wildman–Crippen LogP) is 5.99. The van der Waals surface area contributed by atoms with Gasteiger partial charge >= 0.3 is 12.1 Å². The molecular formula is C29H29NO4Si. The van der Waals surface area contributed by atoms with Gasteiger partial charge in [0.05, 0.1) is 13.5 Å². The van der Waals surface area contributed by atoms with Crippen LogP contribution >= 0.6 is 0 Å². The maximum absolute atomic E-state index is 12.8. The van der Waals surface area contributed by atoms with Crippen LogP contribution in [-0.2, 0) is 20.7 Å². The van der Waals surface area contributed by atoms with Gasteiger partial charge in [0.2, 0.25) is 0 Å². The van der Waals surface area contributed by atoms with Crippen LogP contribution in [-0.4, -0.2) is 33.9 Å². The summed E-state index contributed by atoms with van der Waals surface area (Å²) < 4.78 is 10.5. The van der Waals surface area contributed by atoms with Crippen molar-refractivity contribution in [3.05, 3.63) is 89.0 Å². The normalized spacial score (nSPS) is 12.1. The van der Waals surface area contributed by atoms with Gasteiger partial charge in [-0.1, -0.05) is 74.1 Å². The lowest BCUT2D eigenvalue weighted by molar-refractivity contribution is -0.139. The van der Waals surface area contributed by atoms with Gasteiger partial charge in [-0.05, 0) is 46.0 Å². The average Bonchev–Trinajstić information content (AvgIpc) is 3.14. The highest BCUT2D eigenvalue weighted by atomic mass is 28.3. The minimum Gasteiger partial charge on any atom is -0.469 e. The number of hydrogen-bond acceptors (Lipinski definition) is 4. The van der Waals surface area contributed by atoms with Crippen molar-refractivity contribution in [1.29, 1.82) is 0 Å². The van der Waals surface area contributed by atoms with Crippen LogP contribution in [0.5, 0.6) is 0 Å². The van der Waals surface area contributed by atoms with Crippen molar-refractivity contribution in [2.45, 2.75) is 32.0 Å². The Labute approximate surface area is 207 Å². The minimum atomic E-state index is -1.60. The molecule has 6 heteroatoms. The molecule has 0 radical (unpaired) electrons. The number of hydrogen-bond donors (Lipinski definition) is 1. The number of benzene rings is 3. The Bertz CT molecular complexity index is 1280. The number of esters is 1. The minimum absolute atomic E-state index is 0.0167. The number of ether oxygens (including phenoxy) is 2. The number of methoxy groups -OCH3 is 1. The summed E-state index contributed by atoms with van der Waals surface area (Å²) in [6, 6.07) is 21.8. The molecular weight excluding hydrogens is 454 g/mol. The van der Waals surface area contributed by atoms with Crippen LogP contribution in [0.1, 0.15) is 28.2 Å². The second kappa shape index (κ2) is 10.2. The number of amides is 1. The number of fused-ring (bicyclic) bond motifs is 3. The predicted molar refractivity (Wildman–Crippen MR) is 141 cm³/mol. The third-order valence-corrected chi connectivity index (χ3v) is 6.62. The van der Waals surface area contributed by atoms with Crippen molar-refractivity contribution in [2.75, 3.05) is 19.0 Å². The highest BCUT2D eigenvalue weighted by Gasteiger charge is 2.29. The van der Waals surface area contributed by atoms with Crippen LogP contribution in [0, 0.1) is 11.5 Å². The van der Waals surface area contributed by atoms with Crippen LogP contribution in [0.3, 0.4) is 0 Å². The summed E-state index contributed by atoms with van der Waals surface area (Å²) in [5, 5.41) is 2.81. The maximum atomic E-state index is 12.8. The first-order valence-corrected chi connectivity index (χ1v) is 15.1. The van der Waals surface area contributed by atoms with E-state index in [1.54, 1.807) is 12.1 Å². The zero-order valence-electron chi connectivity index (χ0n) is 20.5. The summed E-state index contributed by atoms with van der Waals surface area (Å²) in [6.07, 6.45) is -0.454. The van der Waals surface area contributed by atoms with E-state index >= 15 is 0 Å². The molecule has 0 heterocycles. The Morgan fingerprint density at radius 3 is 2.17 bits per heavy atom. The van der Waals surface area contributed by atoms with E-state index in [2.05, 4.69) is 60.7 Å². The number of carbonyl (C=O) groups excluding carboxylic acids is 2. The Morgan fingerprint density at radius 1 is 0.943 bits per heavy atom. The topological polar surface area (TPSA) is 64.6 Å². The standard InChI is InChI=1S/C29H29NO4Si/c1-33-28(31)18-21-15-20(13-14-35(2,3)4)16-22(17-21)30-29(32)34-19-27-25-11-7-5-9-23(25)24-10-6-8-12-26(24)27/h5-12,15-17,27H,18-19H2,1-4H3,(H,30,32). The van der Waals surface area contributed by atoms with Crippen molar-refractivity contribution in [1.82, 2.24) is 0 Å². The largest absolute Gasteiger partial charge is 0.469 e. The first-order chi connectivity index (χ1) is 16.7. The Hall–Kier alpha value is -3.82. The number of rotatable bonds is 5. The van der Waals surface area contributed by atoms with Crippen LogP contribution in [0.2, 0.25) is 19.6 Å². The van der Waals surface area contributed by atoms with Crippen LogP contribution in [0.25, 0.3) is 11.1 Å². The Balaban J connectivity index is 1.51. The summed E-state index contributed by atoms with van der Waals surface area (Å²) in [4.78, 5) is 24.6. The zero-order chi connectivity index (χ0) is 25.0. The SMILES string of the molecule is COC(=O)Cc1cc(C#C[Si](C)(C)C)cc(NC(=O)OCC2c3ccccc3-c3ccccc32)c1. The van der Waals surface area contributed by atoms with Gasteiger partial charge in [-0.2, -0.15) is 0 Å². The van der Waals surface area contributed by atoms with E-state index < -0.39 is 14.2 Å². The van der Waals surface area contributed by atoms with Gasteiger partial charge in [-0.25, -0.2) is 4.79 Å². The molecule has 3 aromatic carbocycles. The fourth-order valence-corrected chi connectivity index (χ4v) is 4.71. The summed E-state index contributed by atoms with van der Waals surface area (Å²) in [5.41, 5.74) is 9.98. The third kappa shape index (κ3) is 6.00. The van der Waals surface area contributed by atoms with E-state index in [9.17, 15) is 9.59 Å². The molecule has 0 atom stereocenters. The van der Waals surface area contributed by atoms with Gasteiger partial charge in [0.1, 0.15) is 14.7 Å². The molecule has 1 amide bonds. The second-order valence-corrected chi connectivity index (χ2v) is 14.4. The smallest absolute Gasteiger partial charge is 0.411 e. The van der Waals surface area contributed by atoms with Crippen molar-refractivity contribution < 1.29 is 19.1 Å². The molecule has 0 spiro atoms. The second-order valence-electron chi connectivity index (χ2n) is 9.62. The zero-order valence-corrected chi connectivity index (χ0v) is 21.5. The first kappa shape index (κ1) is 24.3. The van der Waals surface area contributed by atoms with Crippen molar-refractivity contribution in [3.63, 3.8) is 0 Å². The summed E-state index contributed by atoms with van der Waals surface area (Å²) >= 11 is 0. The average molecular weight is 484 g/mol. The highest BCUT2D eigenvalue weighted by molar-refractivity contribution is 6.83. The fraction of sp³-hybridized carbons (Fsp3) is 0.241. The molecule has 5 nitrogen and oxygen atoms in total. The monoisotopic (exact) mass is 483 g/mol. The first-order valence-electron chi connectivity index (χ1n) is 11.6. The lowest BCUT2D eigenvalue weighted by atomic mass is 9.98. The van der Waals surface area contributed by atoms with Crippen LogP contribution < -0.4 is 5.32 Å². The van der Waals surface area contributed by atoms with Gasteiger partial charge in [0.15, 0.2) is 0 Å². The van der Waals surface area contributed by atoms with Gasteiger partial charge in [0.25, 0.3) is 0 Å². The third-order valence-electron chi connectivity index (χ3n) is 5.74. The lowest BCUT2D eigenvalue weighted by Gasteiger charge is -2.15. The van der Waals surface area contributed by atoms with Gasteiger partial charge in [-0.3, -0.25) is 10.1 Å². The molecule has 0 aliphatic heterocycles. The Kier molecular flexibility index (Phi) is 7.09. The van der Waals surface area contributed by atoms with Crippen LogP contribution in [0.15, 0.2) is 66.7 Å². The Morgan fingerprint density at radius 2 is 1.57 bits per heavy atom.